The summed E-state index contributed by atoms with van der Waals surface area (Å²) in [6, 6.07) is 74.4. The molecule has 0 N–H and O–H groups in total. The third-order valence-corrected chi connectivity index (χ3v) is 12.4. The molecule has 294 valence electrons. The molecular formula is C57H35N5O. The zero-order chi connectivity index (χ0) is 41.4. The normalized spacial score (nSPS) is 11.8. The van der Waals surface area contributed by atoms with E-state index in [1.54, 1.807) is 0 Å². The minimum absolute atomic E-state index is 0.547. The molecule has 0 aliphatic rings. The first-order valence-corrected chi connectivity index (χ1v) is 21.2. The van der Waals surface area contributed by atoms with Crippen LogP contribution in [0, 0.1) is 0 Å². The molecule has 0 aliphatic carbocycles. The summed E-state index contributed by atoms with van der Waals surface area (Å²) in [4.78, 5) is 16.0. The summed E-state index contributed by atoms with van der Waals surface area (Å²) in [7, 11) is 0. The summed E-state index contributed by atoms with van der Waals surface area (Å²) >= 11 is 0. The minimum atomic E-state index is 0.547. The van der Waals surface area contributed by atoms with E-state index in [1.807, 2.05) is 18.2 Å². The summed E-state index contributed by atoms with van der Waals surface area (Å²) in [5.74, 6) is 1.70. The molecule has 6 nitrogen and oxygen atoms in total. The van der Waals surface area contributed by atoms with E-state index in [1.165, 1.54) is 10.9 Å². The van der Waals surface area contributed by atoms with E-state index in [-0.39, 0.29) is 0 Å². The van der Waals surface area contributed by atoms with Crippen LogP contribution < -0.4 is 0 Å². The van der Waals surface area contributed by atoms with Gasteiger partial charge in [0, 0.05) is 55.2 Å². The summed E-state index contributed by atoms with van der Waals surface area (Å²) < 4.78 is 11.3. The summed E-state index contributed by atoms with van der Waals surface area (Å²) in [5.41, 5.74) is 13.2. The molecule has 13 rings (SSSR count). The van der Waals surface area contributed by atoms with E-state index in [0.717, 1.165) is 93.7 Å². The van der Waals surface area contributed by atoms with Crippen molar-refractivity contribution in [3.8, 4) is 56.7 Å². The lowest BCUT2D eigenvalue weighted by Crippen LogP contribution is -2.06. The van der Waals surface area contributed by atoms with E-state index < -0.39 is 0 Å². The molecule has 4 aromatic heterocycles. The highest BCUT2D eigenvalue weighted by Gasteiger charge is 2.22. The lowest BCUT2D eigenvalue weighted by molar-refractivity contribution is 0.669. The fourth-order valence-corrected chi connectivity index (χ4v) is 9.53. The number of nitrogens with zero attached hydrogens (tertiary/aromatic N) is 5. The summed E-state index contributed by atoms with van der Waals surface area (Å²) in [6.45, 7) is 0. The topological polar surface area (TPSA) is 61.7 Å². The molecule has 13 aromatic rings. The van der Waals surface area contributed by atoms with Crippen molar-refractivity contribution in [1.82, 2.24) is 24.1 Å². The molecular weight excluding hydrogens is 771 g/mol. The molecule has 0 amide bonds. The first kappa shape index (κ1) is 35.2. The Morgan fingerprint density at radius 1 is 0.317 bits per heavy atom. The van der Waals surface area contributed by atoms with Gasteiger partial charge in [0.25, 0.3) is 0 Å². The molecule has 0 aliphatic heterocycles. The Labute approximate surface area is 361 Å². The predicted octanol–water partition coefficient (Wildman–Crippen LogP) is 14.6. The molecule has 0 radical (unpaired) electrons. The van der Waals surface area contributed by atoms with E-state index in [0.29, 0.717) is 17.6 Å². The summed E-state index contributed by atoms with van der Waals surface area (Å²) in [6.07, 6.45) is 0. The molecule has 9 aromatic carbocycles. The van der Waals surface area contributed by atoms with Crippen LogP contribution in [0.4, 0.5) is 0 Å². The van der Waals surface area contributed by atoms with Crippen LogP contribution in [0.5, 0.6) is 0 Å². The van der Waals surface area contributed by atoms with Gasteiger partial charge in [0.05, 0.1) is 22.1 Å². The zero-order valence-corrected chi connectivity index (χ0v) is 33.9. The van der Waals surface area contributed by atoms with Crippen LogP contribution in [0.25, 0.3) is 122 Å². The van der Waals surface area contributed by atoms with Crippen LogP contribution >= 0.6 is 0 Å². The molecule has 0 saturated carbocycles. The Morgan fingerprint density at radius 2 is 0.857 bits per heavy atom. The van der Waals surface area contributed by atoms with Gasteiger partial charge in [0.2, 0.25) is 5.95 Å². The molecule has 0 fully saturated rings. The van der Waals surface area contributed by atoms with Crippen LogP contribution in [0.2, 0.25) is 0 Å². The highest BCUT2D eigenvalue weighted by atomic mass is 16.3. The second kappa shape index (κ2) is 14.0. The first-order valence-electron chi connectivity index (χ1n) is 21.2. The first-order chi connectivity index (χ1) is 31.2. The second-order valence-electron chi connectivity index (χ2n) is 16.0. The van der Waals surface area contributed by atoms with Crippen molar-refractivity contribution in [2.45, 2.75) is 0 Å². The third kappa shape index (κ3) is 5.62. The predicted molar refractivity (Wildman–Crippen MR) is 258 cm³/mol. The quantitative estimate of drug-likeness (QED) is 0.168. The monoisotopic (exact) mass is 805 g/mol. The molecule has 63 heavy (non-hydrogen) atoms. The maximum absolute atomic E-state index is 6.81. The van der Waals surface area contributed by atoms with Crippen molar-refractivity contribution < 1.29 is 4.42 Å². The van der Waals surface area contributed by atoms with Gasteiger partial charge >= 0.3 is 0 Å². The molecule has 0 unspecified atom stereocenters. The fraction of sp³-hybridized carbons (Fsp3) is 0. The number of furan rings is 1. The van der Waals surface area contributed by atoms with Gasteiger partial charge in [-0.2, -0.15) is 9.97 Å². The van der Waals surface area contributed by atoms with Crippen LogP contribution in [0.1, 0.15) is 0 Å². The van der Waals surface area contributed by atoms with Gasteiger partial charge in [-0.25, -0.2) is 4.98 Å². The van der Waals surface area contributed by atoms with Gasteiger partial charge in [-0.15, -0.1) is 0 Å². The molecule has 4 heterocycles. The molecule has 6 heteroatoms. The van der Waals surface area contributed by atoms with Crippen LogP contribution in [-0.4, -0.2) is 24.1 Å². The Balaban J connectivity index is 1.06. The summed E-state index contributed by atoms with van der Waals surface area (Å²) in [5, 5.41) is 6.55. The van der Waals surface area contributed by atoms with Gasteiger partial charge < -0.3 is 8.98 Å². The number of hydrogen-bond donors (Lipinski definition) is 0. The smallest absolute Gasteiger partial charge is 0.238 e. The van der Waals surface area contributed by atoms with Gasteiger partial charge in [-0.05, 0) is 70.8 Å². The van der Waals surface area contributed by atoms with Crippen LogP contribution in [0.15, 0.2) is 217 Å². The third-order valence-electron chi connectivity index (χ3n) is 12.4. The molecule has 0 bridgehead atoms. The van der Waals surface area contributed by atoms with E-state index in [2.05, 4.69) is 203 Å². The van der Waals surface area contributed by atoms with Crippen molar-refractivity contribution in [3.63, 3.8) is 0 Å². The fourth-order valence-electron chi connectivity index (χ4n) is 9.53. The van der Waals surface area contributed by atoms with Gasteiger partial charge in [0.1, 0.15) is 11.2 Å². The second-order valence-corrected chi connectivity index (χ2v) is 16.0. The Hall–Kier alpha value is -8.61. The van der Waals surface area contributed by atoms with Gasteiger partial charge in [0.15, 0.2) is 11.6 Å². The number of rotatable bonds is 6. The van der Waals surface area contributed by atoms with Crippen molar-refractivity contribution in [2.75, 3.05) is 0 Å². The SMILES string of the molecule is c1ccc(-c2cccc(-c3nc(-c4cccc5oc6cc7c(cc6c45)c4ccccc4n7-c4cccc(-c5ccccc5)c4)nc(-n4c5ccccc5c5ccccc54)n3)c2)cc1. The van der Waals surface area contributed by atoms with Gasteiger partial charge in [-0.1, -0.05) is 158 Å². The largest absolute Gasteiger partial charge is 0.456 e. The maximum Gasteiger partial charge on any atom is 0.238 e. The minimum Gasteiger partial charge on any atom is -0.456 e. The number of aromatic nitrogens is 5. The highest BCUT2D eigenvalue weighted by Crippen LogP contribution is 2.42. The lowest BCUT2D eigenvalue weighted by atomic mass is 10.0. The Kier molecular flexibility index (Phi) is 7.80. The Bertz CT molecular complexity index is 3860. The Morgan fingerprint density at radius 3 is 1.56 bits per heavy atom. The molecule has 0 spiro atoms. The van der Waals surface area contributed by atoms with Crippen LogP contribution in [-0.2, 0) is 0 Å². The van der Waals surface area contributed by atoms with E-state index >= 15 is 0 Å². The van der Waals surface area contributed by atoms with Crippen molar-refractivity contribution in [1.29, 1.82) is 0 Å². The highest BCUT2D eigenvalue weighted by molar-refractivity contribution is 6.20. The maximum atomic E-state index is 6.81. The van der Waals surface area contributed by atoms with Crippen LogP contribution in [0.3, 0.4) is 0 Å². The van der Waals surface area contributed by atoms with E-state index in [9.17, 15) is 0 Å². The number of benzene rings is 9. The number of para-hydroxylation sites is 3. The standard InChI is InChI=1S/C57H35N5O/c1-3-16-36(17-4-1)38-20-13-22-40(32-38)55-58-56(60-57(59-55)62-49-29-11-7-24-42(49)43-25-8-12-30-50(43)62)45-27-15-31-52-54(45)47-34-46-44-26-9-10-28-48(44)61(51(46)35-53(47)63-52)41-23-14-21-39(33-41)37-18-5-2-6-19-37/h1-35H. The van der Waals surface area contributed by atoms with Crippen molar-refractivity contribution >= 4 is 65.6 Å². The van der Waals surface area contributed by atoms with Gasteiger partial charge in [-0.3, -0.25) is 4.57 Å². The number of hydrogen-bond acceptors (Lipinski definition) is 4. The molecule has 0 saturated heterocycles. The molecule has 0 atom stereocenters. The van der Waals surface area contributed by atoms with Crippen molar-refractivity contribution in [3.05, 3.63) is 212 Å². The van der Waals surface area contributed by atoms with E-state index in [4.69, 9.17) is 19.4 Å². The zero-order valence-electron chi connectivity index (χ0n) is 33.9. The number of fused-ring (bicyclic) bond motifs is 9. The van der Waals surface area contributed by atoms with Crippen molar-refractivity contribution in [2.24, 2.45) is 0 Å². The lowest BCUT2D eigenvalue weighted by Gasteiger charge is -2.12. The average molecular weight is 806 g/mol. The average Bonchev–Trinajstić information content (AvgIpc) is 4.01.